The van der Waals surface area contributed by atoms with Crippen molar-refractivity contribution in [2.24, 2.45) is 23.5 Å². The average Bonchev–Trinajstić information content (AvgIpc) is 3.72. The van der Waals surface area contributed by atoms with Crippen molar-refractivity contribution in [2.45, 2.75) is 76.9 Å². The largest absolute Gasteiger partial charge is 0.373 e. The molecular weight excluding hydrogens is 634 g/mol. The Balaban J connectivity index is 0.000000167. The minimum atomic E-state index is 0. The fourth-order valence-corrected chi connectivity index (χ4v) is 9.70. The minimum absolute atomic E-state index is 0. The highest BCUT2D eigenvalue weighted by Crippen LogP contribution is 2.46. The third-order valence-corrected chi connectivity index (χ3v) is 12.8. The number of rotatable bonds is 3. The highest BCUT2D eigenvalue weighted by atomic mass is 35.5. The molecule has 0 unspecified atom stereocenters. The predicted octanol–water partition coefficient (Wildman–Crippen LogP) is 8.15. The highest BCUT2D eigenvalue weighted by Gasteiger charge is 2.48. The average molecular weight is 682 g/mol. The lowest BCUT2D eigenvalue weighted by atomic mass is 9.65. The predicted molar refractivity (Wildman–Crippen MR) is 193 cm³/mol. The Morgan fingerprint density at radius 3 is 1.83 bits per heavy atom. The van der Waals surface area contributed by atoms with E-state index in [1.807, 2.05) is 6.07 Å². The summed E-state index contributed by atoms with van der Waals surface area (Å²) in [6.45, 7) is 14.2. The molecular formula is C37H48ClN3O3S2. The molecule has 0 spiro atoms. The van der Waals surface area contributed by atoms with E-state index in [9.17, 15) is 4.79 Å². The lowest BCUT2D eigenvalue weighted by molar-refractivity contribution is -0.191. The van der Waals surface area contributed by atoms with Crippen LogP contribution >= 0.6 is 35.1 Å². The van der Waals surface area contributed by atoms with Gasteiger partial charge in [0.05, 0.1) is 0 Å². The molecule has 6 aliphatic rings. The third kappa shape index (κ3) is 7.82. The molecule has 248 valence electrons. The van der Waals surface area contributed by atoms with Crippen LogP contribution in [-0.4, -0.2) is 65.0 Å². The summed E-state index contributed by atoms with van der Waals surface area (Å²) in [4.78, 5) is 34.2. The Labute approximate surface area is 287 Å². The summed E-state index contributed by atoms with van der Waals surface area (Å²) >= 11 is 3.50. The van der Waals surface area contributed by atoms with Crippen LogP contribution < -0.4 is 5.73 Å². The molecule has 0 amide bonds. The molecule has 46 heavy (non-hydrogen) atoms. The molecule has 8 heterocycles. The molecule has 6 saturated heterocycles. The lowest BCUT2D eigenvalue weighted by Crippen LogP contribution is -2.67. The van der Waals surface area contributed by atoms with Gasteiger partial charge in [0, 0.05) is 38.5 Å². The molecule has 4 aromatic rings. The Morgan fingerprint density at radius 1 is 0.783 bits per heavy atom. The topological polar surface area (TPSA) is 83.7 Å². The number of hydrogen-bond acceptors (Lipinski definition) is 8. The summed E-state index contributed by atoms with van der Waals surface area (Å²) in [6.07, 6.45) is 6.14. The van der Waals surface area contributed by atoms with Crippen LogP contribution in [0.3, 0.4) is 0 Å². The van der Waals surface area contributed by atoms with Gasteiger partial charge in [0.25, 0.3) is 0 Å². The van der Waals surface area contributed by atoms with Crippen LogP contribution in [-0.2, 0) is 9.59 Å². The summed E-state index contributed by atoms with van der Waals surface area (Å²) in [6, 6.07) is 19.2. The van der Waals surface area contributed by atoms with Gasteiger partial charge in [-0.3, -0.25) is 14.6 Å². The fraction of sp³-hybridized carbons (Fsp3) is 0.514. The van der Waals surface area contributed by atoms with Crippen LogP contribution in [0.15, 0.2) is 65.4 Å². The first-order valence-corrected chi connectivity index (χ1v) is 18.0. The van der Waals surface area contributed by atoms with Crippen LogP contribution in [0, 0.1) is 17.8 Å². The standard InChI is InChI=1S/C19H23NOS.C9H18N2.C8H6S.CO2.ClH/c1-19(2)16(13-5-8-20(19)9-6-13)12-17(21)15-4-3-14-7-10-22-18(14)11-15;1-9(2)8(10)7-3-5-11(9)6-4-7;1-2-4-8-7(3-1)5-6-9-8;2-1-3;/h3-4,7,10-11,13,16H,5-6,8-9,12H2,1-2H3;7-8H,3-6,10H2,1-2H3;1-6H;;1H/t16-;8-;;;/m11.../s1. The summed E-state index contributed by atoms with van der Waals surface area (Å²) < 4.78 is 2.59. The van der Waals surface area contributed by atoms with Crippen molar-refractivity contribution in [3.05, 3.63) is 70.9 Å². The molecule has 9 heteroatoms. The van der Waals surface area contributed by atoms with E-state index in [4.69, 9.17) is 15.3 Å². The lowest BCUT2D eigenvalue weighted by Gasteiger charge is -2.56. The number of Topliss-reactive ketones (excluding diaryl/α,β-unsaturated/α-hetero) is 1. The van der Waals surface area contributed by atoms with Gasteiger partial charge in [0.2, 0.25) is 0 Å². The number of carbonyl (C=O) groups excluding carboxylic acids is 3. The maximum absolute atomic E-state index is 12.8. The molecule has 4 bridgehead atoms. The number of benzene rings is 2. The minimum Gasteiger partial charge on any atom is -0.326 e. The molecule has 2 aromatic heterocycles. The first kappa shape index (κ1) is 36.4. The Kier molecular flexibility index (Phi) is 12.4. The van der Waals surface area contributed by atoms with E-state index in [0.717, 1.165) is 17.4 Å². The van der Waals surface area contributed by atoms with Gasteiger partial charge in [0.15, 0.2) is 5.78 Å². The zero-order valence-corrected chi connectivity index (χ0v) is 29.9. The molecule has 10 rings (SSSR count). The number of ketones is 1. The van der Waals surface area contributed by atoms with E-state index in [0.29, 0.717) is 24.2 Å². The summed E-state index contributed by atoms with van der Waals surface area (Å²) in [5.41, 5.74) is 7.48. The van der Waals surface area contributed by atoms with Gasteiger partial charge in [-0.2, -0.15) is 9.59 Å². The molecule has 2 atom stereocenters. The van der Waals surface area contributed by atoms with Crippen molar-refractivity contribution < 1.29 is 14.4 Å². The monoisotopic (exact) mass is 681 g/mol. The number of piperidine rings is 6. The first-order valence-electron chi connectivity index (χ1n) is 16.2. The van der Waals surface area contributed by atoms with Gasteiger partial charge in [-0.25, -0.2) is 0 Å². The number of hydrogen-bond donors (Lipinski definition) is 1. The number of carbonyl (C=O) groups is 1. The maximum Gasteiger partial charge on any atom is 0.373 e. The van der Waals surface area contributed by atoms with Crippen LogP contribution in [0.5, 0.6) is 0 Å². The molecule has 2 aromatic carbocycles. The third-order valence-electron chi connectivity index (χ3n) is 11.1. The summed E-state index contributed by atoms with van der Waals surface area (Å²) in [5.74, 6) is 2.35. The van der Waals surface area contributed by atoms with Crippen molar-refractivity contribution in [1.82, 2.24) is 9.80 Å². The van der Waals surface area contributed by atoms with Gasteiger partial charge in [-0.1, -0.05) is 30.3 Å². The Bertz CT molecular complexity index is 1580. The molecule has 6 nitrogen and oxygen atoms in total. The van der Waals surface area contributed by atoms with Crippen LogP contribution in [0.25, 0.3) is 20.2 Å². The summed E-state index contributed by atoms with van der Waals surface area (Å²) in [7, 11) is 0. The zero-order valence-electron chi connectivity index (χ0n) is 27.4. The van der Waals surface area contributed by atoms with Crippen LogP contribution in [0.1, 0.15) is 70.2 Å². The van der Waals surface area contributed by atoms with Crippen molar-refractivity contribution >= 4 is 67.2 Å². The molecule has 0 radical (unpaired) electrons. The van der Waals surface area contributed by atoms with E-state index in [1.54, 1.807) is 22.7 Å². The van der Waals surface area contributed by atoms with Crippen molar-refractivity contribution in [1.29, 1.82) is 0 Å². The second-order valence-corrected chi connectivity index (χ2v) is 15.8. The fourth-order valence-electron chi connectivity index (χ4n) is 8.08. The first-order chi connectivity index (χ1) is 21.6. The number of fused-ring (bicyclic) bond motifs is 8. The second-order valence-electron chi connectivity index (χ2n) is 13.9. The van der Waals surface area contributed by atoms with Crippen LogP contribution in [0.4, 0.5) is 0 Å². The summed E-state index contributed by atoms with van der Waals surface area (Å²) in [5, 5.41) is 6.80. The number of halogens is 1. The SMILES string of the molecule is CC1(C)[C@H](CC(=O)c2ccc3ccsc3c2)C2CCN1CC2.CC1(C)[C@H](N)C2CCN1CC2.Cl.O=C=O.c1ccc2sccc2c1. The second kappa shape index (κ2) is 15.7. The molecule has 6 fully saturated rings. The van der Waals surface area contributed by atoms with E-state index in [2.05, 4.69) is 96.8 Å². The number of nitrogens with zero attached hydrogens (tertiary/aromatic N) is 2. The molecule has 6 aliphatic heterocycles. The molecule has 0 saturated carbocycles. The van der Waals surface area contributed by atoms with E-state index < -0.39 is 0 Å². The van der Waals surface area contributed by atoms with E-state index in [-0.39, 0.29) is 29.6 Å². The number of thiophene rings is 2. The quantitative estimate of drug-likeness (QED) is 0.220. The van der Waals surface area contributed by atoms with Crippen molar-refractivity contribution in [3.63, 3.8) is 0 Å². The van der Waals surface area contributed by atoms with E-state index >= 15 is 0 Å². The van der Waals surface area contributed by atoms with Crippen LogP contribution in [0.2, 0.25) is 0 Å². The Hall–Kier alpha value is -2.42. The van der Waals surface area contributed by atoms with Gasteiger partial charge in [-0.15, -0.1) is 35.1 Å². The van der Waals surface area contributed by atoms with Gasteiger partial charge in [0.1, 0.15) is 0 Å². The van der Waals surface area contributed by atoms with E-state index in [1.165, 1.54) is 72.0 Å². The normalized spacial score (nSPS) is 27.8. The highest BCUT2D eigenvalue weighted by molar-refractivity contribution is 7.17. The maximum atomic E-state index is 12.8. The van der Waals surface area contributed by atoms with Gasteiger partial charge < -0.3 is 5.73 Å². The molecule has 0 aliphatic carbocycles. The zero-order chi connectivity index (χ0) is 32.2. The molecule has 2 N–H and O–H groups in total. The van der Waals surface area contributed by atoms with Gasteiger partial charge >= 0.3 is 6.15 Å². The van der Waals surface area contributed by atoms with Crippen molar-refractivity contribution in [3.8, 4) is 0 Å². The van der Waals surface area contributed by atoms with Gasteiger partial charge in [-0.05, 0) is 143 Å². The smallest absolute Gasteiger partial charge is 0.326 e. The Morgan fingerprint density at radius 2 is 1.30 bits per heavy atom. The number of nitrogens with two attached hydrogens (primary N) is 1. The van der Waals surface area contributed by atoms with Crippen molar-refractivity contribution in [2.75, 3.05) is 26.2 Å².